The summed E-state index contributed by atoms with van der Waals surface area (Å²) < 4.78 is 1.36. The van der Waals surface area contributed by atoms with Crippen molar-refractivity contribution in [3.05, 3.63) is 58.1 Å². The van der Waals surface area contributed by atoms with E-state index in [4.69, 9.17) is 29.0 Å². The fourth-order valence-corrected chi connectivity index (χ4v) is 3.41. The third-order valence-electron chi connectivity index (χ3n) is 3.94. The number of thioether (sulfide) groups is 1. The van der Waals surface area contributed by atoms with Gasteiger partial charge < -0.3 is 11.2 Å². The molecule has 0 bridgehead atoms. The first-order chi connectivity index (χ1) is 12.9. The van der Waals surface area contributed by atoms with Crippen LogP contribution in [0.25, 0.3) is 11.4 Å². The zero-order chi connectivity index (χ0) is 19.6. The molecule has 0 spiro atoms. The number of amides is 1. The van der Waals surface area contributed by atoms with E-state index >= 15 is 0 Å². The summed E-state index contributed by atoms with van der Waals surface area (Å²) in [7, 11) is 0. The number of benzene rings is 2. The van der Waals surface area contributed by atoms with E-state index in [9.17, 15) is 4.79 Å². The van der Waals surface area contributed by atoms with Crippen LogP contribution < -0.4 is 11.2 Å². The third kappa shape index (κ3) is 4.37. The minimum Gasteiger partial charge on any atom is -0.335 e. The number of carbonyl (C=O) groups is 1. The fourth-order valence-electron chi connectivity index (χ4n) is 2.34. The lowest BCUT2D eigenvalue weighted by Gasteiger charge is -2.13. The van der Waals surface area contributed by atoms with Crippen LogP contribution in [0.15, 0.2) is 47.6 Å². The van der Waals surface area contributed by atoms with Crippen molar-refractivity contribution in [2.24, 2.45) is 0 Å². The normalized spacial score (nSPS) is 12.0. The Balaban J connectivity index is 1.72. The molecule has 3 N–H and O–H groups in total. The molecule has 1 unspecified atom stereocenters. The molecule has 0 aliphatic rings. The van der Waals surface area contributed by atoms with E-state index in [1.54, 1.807) is 37.3 Å². The van der Waals surface area contributed by atoms with Crippen molar-refractivity contribution in [3.63, 3.8) is 0 Å². The zero-order valence-electron chi connectivity index (χ0n) is 14.6. The summed E-state index contributed by atoms with van der Waals surface area (Å²) in [6.45, 7) is 3.63. The Morgan fingerprint density at radius 2 is 1.89 bits per heavy atom. The maximum Gasteiger partial charge on any atom is 0.237 e. The van der Waals surface area contributed by atoms with Gasteiger partial charge in [-0.25, -0.2) is 4.68 Å². The van der Waals surface area contributed by atoms with Gasteiger partial charge in [0.1, 0.15) is 0 Å². The smallest absolute Gasteiger partial charge is 0.237 e. The lowest BCUT2D eigenvalue weighted by atomic mass is 10.2. The maximum absolute atomic E-state index is 12.5. The van der Waals surface area contributed by atoms with Crippen LogP contribution in [0.1, 0.15) is 12.5 Å². The molecule has 140 valence electrons. The van der Waals surface area contributed by atoms with E-state index in [-0.39, 0.29) is 5.91 Å². The van der Waals surface area contributed by atoms with Crippen LogP contribution in [0.4, 0.5) is 5.69 Å². The topological polar surface area (TPSA) is 85.8 Å². The first-order valence-corrected chi connectivity index (χ1v) is 9.69. The number of nitrogens with one attached hydrogen (secondary N) is 1. The number of carbonyl (C=O) groups excluding carboxylic acids is 1. The highest BCUT2D eigenvalue weighted by atomic mass is 35.5. The van der Waals surface area contributed by atoms with Gasteiger partial charge in [0.05, 0.1) is 5.25 Å². The predicted molar refractivity (Wildman–Crippen MR) is 111 cm³/mol. The van der Waals surface area contributed by atoms with Crippen LogP contribution in [-0.2, 0) is 4.79 Å². The largest absolute Gasteiger partial charge is 0.335 e. The average Bonchev–Trinajstić information content (AvgIpc) is 3.00. The molecular weight excluding hydrogens is 405 g/mol. The molecule has 1 heterocycles. The lowest BCUT2D eigenvalue weighted by molar-refractivity contribution is -0.115. The number of hydrogen-bond acceptors (Lipinski definition) is 5. The molecule has 3 aromatic rings. The second-order valence-electron chi connectivity index (χ2n) is 5.84. The zero-order valence-corrected chi connectivity index (χ0v) is 16.9. The SMILES string of the molecule is Cc1c(Cl)cccc1NC(=O)C(C)Sc1nnc(-c2ccc(Cl)cc2)n1N. The summed E-state index contributed by atoms with van der Waals surface area (Å²) in [5, 5.41) is 12.3. The van der Waals surface area contributed by atoms with Gasteiger partial charge in [-0.05, 0) is 55.8 Å². The number of nitrogens with zero attached hydrogens (tertiary/aromatic N) is 3. The highest BCUT2D eigenvalue weighted by Crippen LogP contribution is 2.27. The number of hydrogen-bond donors (Lipinski definition) is 2. The average molecular weight is 422 g/mol. The lowest BCUT2D eigenvalue weighted by Crippen LogP contribution is -2.24. The number of halogens is 2. The van der Waals surface area contributed by atoms with Crippen LogP contribution >= 0.6 is 35.0 Å². The minimum absolute atomic E-state index is 0.179. The van der Waals surface area contributed by atoms with Gasteiger partial charge in [-0.1, -0.05) is 41.0 Å². The van der Waals surface area contributed by atoms with E-state index in [0.717, 1.165) is 11.1 Å². The van der Waals surface area contributed by atoms with Gasteiger partial charge in [0.25, 0.3) is 0 Å². The van der Waals surface area contributed by atoms with E-state index in [0.29, 0.717) is 26.7 Å². The standard InChI is InChI=1S/C18H17Cl2N5OS/c1-10-14(20)4-3-5-15(10)22-17(26)11(2)27-18-24-23-16(25(18)21)12-6-8-13(19)9-7-12/h3-9,11H,21H2,1-2H3,(H,22,26). The summed E-state index contributed by atoms with van der Waals surface area (Å²) >= 11 is 13.2. The highest BCUT2D eigenvalue weighted by Gasteiger charge is 2.20. The summed E-state index contributed by atoms with van der Waals surface area (Å²) in [6.07, 6.45) is 0. The Morgan fingerprint density at radius 3 is 2.59 bits per heavy atom. The maximum atomic E-state index is 12.5. The van der Waals surface area contributed by atoms with Crippen LogP contribution in [-0.4, -0.2) is 26.0 Å². The van der Waals surface area contributed by atoms with Gasteiger partial charge in [0.2, 0.25) is 11.1 Å². The monoisotopic (exact) mass is 421 g/mol. The molecule has 1 amide bonds. The molecule has 0 fully saturated rings. The van der Waals surface area contributed by atoms with Crippen molar-refractivity contribution in [3.8, 4) is 11.4 Å². The number of nitrogen functional groups attached to an aromatic ring is 1. The van der Waals surface area contributed by atoms with Crippen LogP contribution in [0.2, 0.25) is 10.0 Å². The van der Waals surface area contributed by atoms with Crippen molar-refractivity contribution in [1.82, 2.24) is 14.9 Å². The molecule has 6 nitrogen and oxygen atoms in total. The van der Waals surface area contributed by atoms with Crippen molar-refractivity contribution >= 4 is 46.6 Å². The molecule has 0 radical (unpaired) electrons. The molecule has 0 saturated heterocycles. The molecule has 1 aromatic heterocycles. The number of anilines is 1. The fraction of sp³-hybridized carbons (Fsp3) is 0.167. The predicted octanol–water partition coefficient (Wildman–Crippen LogP) is 4.39. The molecule has 27 heavy (non-hydrogen) atoms. The van der Waals surface area contributed by atoms with Crippen molar-refractivity contribution in [1.29, 1.82) is 0 Å². The molecule has 2 aromatic carbocycles. The Morgan fingerprint density at radius 1 is 1.19 bits per heavy atom. The summed E-state index contributed by atoms with van der Waals surface area (Å²) in [5.74, 6) is 6.42. The summed E-state index contributed by atoms with van der Waals surface area (Å²) in [5.41, 5.74) is 2.28. The van der Waals surface area contributed by atoms with Crippen molar-refractivity contribution in [2.75, 3.05) is 11.2 Å². The quantitative estimate of drug-likeness (QED) is 0.471. The third-order valence-corrected chi connectivity index (χ3v) is 5.66. The summed E-state index contributed by atoms with van der Waals surface area (Å²) in [4.78, 5) is 12.5. The number of aromatic nitrogens is 3. The van der Waals surface area contributed by atoms with E-state index in [2.05, 4.69) is 15.5 Å². The van der Waals surface area contributed by atoms with Crippen LogP contribution in [0.5, 0.6) is 0 Å². The highest BCUT2D eigenvalue weighted by molar-refractivity contribution is 8.00. The van der Waals surface area contributed by atoms with Gasteiger partial charge in [0.15, 0.2) is 5.82 Å². The Bertz CT molecular complexity index is 974. The van der Waals surface area contributed by atoms with Gasteiger partial charge >= 0.3 is 0 Å². The molecule has 0 aliphatic carbocycles. The van der Waals surface area contributed by atoms with Crippen LogP contribution in [0.3, 0.4) is 0 Å². The molecular formula is C18H17Cl2N5OS. The van der Waals surface area contributed by atoms with E-state index in [1.807, 2.05) is 19.1 Å². The second-order valence-corrected chi connectivity index (χ2v) is 8.00. The Kier molecular flexibility index (Phi) is 5.94. The van der Waals surface area contributed by atoms with Gasteiger partial charge in [-0.2, -0.15) is 0 Å². The first kappa shape index (κ1) is 19.5. The number of rotatable bonds is 5. The molecule has 3 rings (SSSR count). The van der Waals surface area contributed by atoms with Crippen molar-refractivity contribution in [2.45, 2.75) is 24.3 Å². The Labute approximate surface area is 171 Å². The Hall–Kier alpha value is -2.22. The molecule has 0 aliphatic heterocycles. The van der Waals surface area contributed by atoms with Crippen LogP contribution in [0, 0.1) is 6.92 Å². The van der Waals surface area contributed by atoms with Crippen molar-refractivity contribution < 1.29 is 4.79 Å². The van der Waals surface area contributed by atoms with E-state index in [1.165, 1.54) is 16.4 Å². The van der Waals surface area contributed by atoms with Gasteiger partial charge in [0, 0.05) is 21.3 Å². The molecule has 9 heteroatoms. The molecule has 0 saturated carbocycles. The number of nitrogens with two attached hydrogens (primary N) is 1. The van der Waals surface area contributed by atoms with Gasteiger partial charge in [-0.3, -0.25) is 4.79 Å². The minimum atomic E-state index is -0.437. The first-order valence-electron chi connectivity index (χ1n) is 8.06. The molecule has 1 atom stereocenters. The van der Waals surface area contributed by atoms with E-state index < -0.39 is 5.25 Å². The van der Waals surface area contributed by atoms with Gasteiger partial charge in [-0.15, -0.1) is 10.2 Å². The second kappa shape index (κ2) is 8.21. The summed E-state index contributed by atoms with van der Waals surface area (Å²) in [6, 6.07) is 12.5.